The average Bonchev–Trinajstić information content (AvgIpc) is 2.68. The molecule has 0 bridgehead atoms. The number of primary amides is 1. The molecular weight excluding hydrogens is 326 g/mol. The summed E-state index contributed by atoms with van der Waals surface area (Å²) in [5.74, 6) is -1.86. The first-order valence-electron chi connectivity index (χ1n) is 8.31. The zero-order chi connectivity index (χ0) is 18.4. The van der Waals surface area contributed by atoms with Crippen molar-refractivity contribution in [2.75, 3.05) is 0 Å². The van der Waals surface area contributed by atoms with E-state index in [0.29, 0.717) is 5.56 Å². The normalized spacial score (nSPS) is 11.7. The maximum absolute atomic E-state index is 13.0. The molecule has 0 aromatic heterocycles. The SMILES string of the molecule is NC(=O)[C@@H](OC(=O)C(c1ccccc1)c1ccccc1)c1ccccc1. The smallest absolute Gasteiger partial charge is 0.319 e. The average molecular weight is 345 g/mol. The lowest BCUT2D eigenvalue weighted by atomic mass is 9.91. The van der Waals surface area contributed by atoms with Crippen molar-refractivity contribution in [1.82, 2.24) is 0 Å². The molecular formula is C22H19NO3. The van der Waals surface area contributed by atoms with E-state index in [1.54, 1.807) is 24.3 Å². The van der Waals surface area contributed by atoms with Crippen LogP contribution < -0.4 is 5.73 Å². The Bertz CT molecular complexity index is 824. The Kier molecular flexibility index (Phi) is 5.44. The van der Waals surface area contributed by atoms with Gasteiger partial charge >= 0.3 is 5.97 Å². The van der Waals surface area contributed by atoms with E-state index in [-0.39, 0.29) is 0 Å². The van der Waals surface area contributed by atoms with Crippen molar-refractivity contribution in [2.45, 2.75) is 12.0 Å². The van der Waals surface area contributed by atoms with Crippen LogP contribution >= 0.6 is 0 Å². The van der Waals surface area contributed by atoms with Gasteiger partial charge in [0.25, 0.3) is 5.91 Å². The summed E-state index contributed by atoms with van der Waals surface area (Å²) in [5.41, 5.74) is 7.61. The Hall–Kier alpha value is -3.40. The zero-order valence-electron chi connectivity index (χ0n) is 14.1. The summed E-state index contributed by atoms with van der Waals surface area (Å²) in [4.78, 5) is 24.9. The van der Waals surface area contributed by atoms with Crippen molar-refractivity contribution in [3.63, 3.8) is 0 Å². The highest BCUT2D eigenvalue weighted by molar-refractivity contribution is 5.87. The fourth-order valence-electron chi connectivity index (χ4n) is 2.86. The number of ether oxygens (including phenoxy) is 1. The van der Waals surface area contributed by atoms with Crippen LogP contribution in [0.15, 0.2) is 91.0 Å². The van der Waals surface area contributed by atoms with E-state index in [9.17, 15) is 9.59 Å². The van der Waals surface area contributed by atoms with Gasteiger partial charge in [-0.3, -0.25) is 9.59 Å². The quantitative estimate of drug-likeness (QED) is 0.694. The number of carbonyl (C=O) groups is 2. The van der Waals surface area contributed by atoms with E-state index in [2.05, 4.69) is 0 Å². The largest absolute Gasteiger partial charge is 0.447 e. The standard InChI is InChI=1S/C22H19NO3/c23-21(24)20(18-14-8-3-9-15-18)26-22(25)19(16-10-4-1-5-11-16)17-12-6-2-7-13-17/h1-15,19-20H,(H2,23,24)/t20-/m0/s1. The minimum Gasteiger partial charge on any atom is -0.447 e. The van der Waals surface area contributed by atoms with Gasteiger partial charge in [-0.05, 0) is 11.1 Å². The first-order chi connectivity index (χ1) is 12.7. The summed E-state index contributed by atoms with van der Waals surface area (Å²) in [6.07, 6.45) is -1.13. The molecule has 2 N–H and O–H groups in total. The van der Waals surface area contributed by atoms with Gasteiger partial charge in [-0.2, -0.15) is 0 Å². The molecule has 1 atom stereocenters. The number of nitrogens with two attached hydrogens (primary N) is 1. The number of benzene rings is 3. The number of amides is 1. The molecule has 26 heavy (non-hydrogen) atoms. The second-order valence-electron chi connectivity index (χ2n) is 5.88. The molecule has 3 aromatic carbocycles. The molecule has 0 spiro atoms. The third-order valence-electron chi connectivity index (χ3n) is 4.10. The van der Waals surface area contributed by atoms with Crippen molar-refractivity contribution < 1.29 is 14.3 Å². The number of esters is 1. The van der Waals surface area contributed by atoms with Crippen molar-refractivity contribution in [3.05, 3.63) is 108 Å². The molecule has 0 saturated heterocycles. The Balaban J connectivity index is 1.94. The molecule has 3 aromatic rings. The van der Waals surface area contributed by atoms with E-state index in [1.165, 1.54) is 0 Å². The predicted molar refractivity (Wildman–Crippen MR) is 99.2 cm³/mol. The van der Waals surface area contributed by atoms with Crippen LogP contribution in [0.4, 0.5) is 0 Å². The van der Waals surface area contributed by atoms with Gasteiger partial charge in [0.2, 0.25) is 6.10 Å². The van der Waals surface area contributed by atoms with E-state index in [1.807, 2.05) is 66.7 Å². The predicted octanol–water partition coefficient (Wildman–Crippen LogP) is 3.59. The highest BCUT2D eigenvalue weighted by atomic mass is 16.5. The monoisotopic (exact) mass is 345 g/mol. The van der Waals surface area contributed by atoms with E-state index in [4.69, 9.17) is 10.5 Å². The zero-order valence-corrected chi connectivity index (χ0v) is 14.1. The molecule has 0 radical (unpaired) electrons. The van der Waals surface area contributed by atoms with Crippen molar-refractivity contribution >= 4 is 11.9 Å². The lowest BCUT2D eigenvalue weighted by molar-refractivity contribution is -0.156. The molecule has 0 unspecified atom stereocenters. The molecule has 4 nitrogen and oxygen atoms in total. The minimum absolute atomic E-state index is 0.518. The number of hydrogen-bond acceptors (Lipinski definition) is 3. The summed E-state index contributed by atoms with van der Waals surface area (Å²) in [7, 11) is 0. The highest BCUT2D eigenvalue weighted by Crippen LogP contribution is 2.28. The van der Waals surface area contributed by atoms with Crippen LogP contribution in [-0.2, 0) is 14.3 Å². The maximum Gasteiger partial charge on any atom is 0.319 e. The molecule has 3 rings (SSSR count). The topological polar surface area (TPSA) is 69.4 Å². The van der Waals surface area contributed by atoms with E-state index < -0.39 is 23.9 Å². The van der Waals surface area contributed by atoms with Crippen LogP contribution in [0.25, 0.3) is 0 Å². The molecule has 0 aliphatic carbocycles. The van der Waals surface area contributed by atoms with Crippen molar-refractivity contribution in [1.29, 1.82) is 0 Å². The second-order valence-corrected chi connectivity index (χ2v) is 5.88. The van der Waals surface area contributed by atoms with Crippen LogP contribution in [0.1, 0.15) is 28.7 Å². The van der Waals surface area contributed by atoms with Crippen LogP contribution in [0.2, 0.25) is 0 Å². The van der Waals surface area contributed by atoms with Crippen LogP contribution in [-0.4, -0.2) is 11.9 Å². The molecule has 0 fully saturated rings. The lowest BCUT2D eigenvalue weighted by Gasteiger charge is -2.21. The third-order valence-corrected chi connectivity index (χ3v) is 4.10. The second kappa shape index (κ2) is 8.12. The van der Waals surface area contributed by atoms with Gasteiger partial charge in [0, 0.05) is 5.56 Å². The van der Waals surface area contributed by atoms with Gasteiger partial charge in [-0.25, -0.2) is 0 Å². The maximum atomic E-state index is 13.0. The fraction of sp³-hybridized carbons (Fsp3) is 0.0909. The molecule has 1 amide bonds. The van der Waals surface area contributed by atoms with Crippen molar-refractivity contribution in [2.24, 2.45) is 5.73 Å². The van der Waals surface area contributed by atoms with Crippen LogP contribution in [0.5, 0.6) is 0 Å². The number of rotatable bonds is 6. The third kappa shape index (κ3) is 3.98. The molecule has 0 saturated carbocycles. The van der Waals surface area contributed by atoms with Gasteiger partial charge < -0.3 is 10.5 Å². The van der Waals surface area contributed by atoms with Gasteiger partial charge in [0.05, 0.1) is 0 Å². The lowest BCUT2D eigenvalue weighted by Crippen LogP contribution is -2.28. The van der Waals surface area contributed by atoms with Crippen LogP contribution in [0, 0.1) is 0 Å². The molecule has 0 aliphatic heterocycles. The Morgan fingerprint density at radius 2 is 1.04 bits per heavy atom. The van der Waals surface area contributed by atoms with Gasteiger partial charge in [0.15, 0.2) is 0 Å². The van der Waals surface area contributed by atoms with E-state index >= 15 is 0 Å². The van der Waals surface area contributed by atoms with Crippen molar-refractivity contribution in [3.8, 4) is 0 Å². The Labute approximate surface area is 152 Å². The molecule has 0 aliphatic rings. The minimum atomic E-state index is -1.13. The molecule has 0 heterocycles. The molecule has 4 heteroatoms. The van der Waals surface area contributed by atoms with Gasteiger partial charge in [-0.15, -0.1) is 0 Å². The van der Waals surface area contributed by atoms with E-state index in [0.717, 1.165) is 11.1 Å². The molecule has 130 valence electrons. The number of carbonyl (C=O) groups excluding carboxylic acids is 2. The summed E-state index contributed by atoms with van der Waals surface area (Å²) in [6.45, 7) is 0. The highest BCUT2D eigenvalue weighted by Gasteiger charge is 2.29. The summed E-state index contributed by atoms with van der Waals surface area (Å²) >= 11 is 0. The Morgan fingerprint density at radius 3 is 1.42 bits per heavy atom. The van der Waals surface area contributed by atoms with Gasteiger partial charge in [-0.1, -0.05) is 91.0 Å². The fourth-order valence-corrected chi connectivity index (χ4v) is 2.86. The summed E-state index contributed by atoms with van der Waals surface area (Å²) in [5, 5.41) is 0. The van der Waals surface area contributed by atoms with Crippen LogP contribution in [0.3, 0.4) is 0 Å². The van der Waals surface area contributed by atoms with Gasteiger partial charge in [0.1, 0.15) is 5.92 Å². The first-order valence-corrected chi connectivity index (χ1v) is 8.31. The summed E-state index contributed by atoms with van der Waals surface area (Å²) in [6, 6.07) is 27.4. The summed E-state index contributed by atoms with van der Waals surface area (Å²) < 4.78 is 5.56. The number of hydrogen-bond donors (Lipinski definition) is 1. The Morgan fingerprint density at radius 1 is 0.654 bits per heavy atom. The first kappa shape index (κ1) is 17.4.